The number of furan rings is 1. The van der Waals surface area contributed by atoms with Crippen LogP contribution in [0.5, 0.6) is 0 Å². The summed E-state index contributed by atoms with van der Waals surface area (Å²) in [5.41, 5.74) is 0.629. The highest BCUT2D eigenvalue weighted by atomic mass is 32.1. The summed E-state index contributed by atoms with van der Waals surface area (Å²) in [5, 5.41) is 9.88. The van der Waals surface area contributed by atoms with Crippen molar-refractivity contribution in [1.29, 1.82) is 0 Å². The highest BCUT2D eigenvalue weighted by Gasteiger charge is 2.09. The largest absolute Gasteiger partial charge is 0.459 e. The van der Waals surface area contributed by atoms with Gasteiger partial charge >= 0.3 is 6.03 Å². The molecule has 0 aromatic carbocycles. The van der Waals surface area contributed by atoms with E-state index in [1.165, 1.54) is 23.9 Å². The van der Waals surface area contributed by atoms with Crippen LogP contribution in [0.25, 0.3) is 10.8 Å². The molecule has 9 heteroatoms. The number of carbonyl (C=O) groups is 2. The van der Waals surface area contributed by atoms with Gasteiger partial charge in [0.1, 0.15) is 6.26 Å². The second-order valence-electron chi connectivity index (χ2n) is 4.96. The van der Waals surface area contributed by atoms with E-state index < -0.39 is 0 Å². The van der Waals surface area contributed by atoms with E-state index in [2.05, 4.69) is 20.9 Å². The fourth-order valence-electron chi connectivity index (χ4n) is 1.98. The number of nitrogens with zero attached hydrogens (tertiary/aromatic N) is 1. The number of rotatable bonds is 7. The summed E-state index contributed by atoms with van der Waals surface area (Å²) in [6.45, 7) is 0.830. The number of amides is 3. The summed E-state index contributed by atoms with van der Waals surface area (Å²) < 4.78 is 10.3. The first-order valence-electron chi connectivity index (χ1n) is 7.54. The molecule has 3 heterocycles. The molecule has 3 aromatic rings. The smallest absolute Gasteiger partial charge is 0.315 e. The summed E-state index contributed by atoms with van der Waals surface area (Å²) in [6, 6.07) is 6.68. The van der Waals surface area contributed by atoms with E-state index in [4.69, 9.17) is 8.83 Å². The molecule has 0 aliphatic rings. The van der Waals surface area contributed by atoms with E-state index in [0.717, 1.165) is 4.88 Å². The van der Waals surface area contributed by atoms with Crippen molar-refractivity contribution in [3.05, 3.63) is 53.6 Å². The summed E-state index contributed by atoms with van der Waals surface area (Å²) >= 11 is 1.53. The van der Waals surface area contributed by atoms with Gasteiger partial charge in [-0.1, -0.05) is 6.07 Å². The molecule has 8 nitrogen and oxygen atoms in total. The average Bonchev–Trinajstić information content (AvgIpc) is 3.37. The van der Waals surface area contributed by atoms with Crippen molar-refractivity contribution in [2.24, 2.45) is 0 Å². The van der Waals surface area contributed by atoms with Gasteiger partial charge < -0.3 is 24.8 Å². The molecule has 0 saturated carbocycles. The standard InChI is InChI=1S/C16H16N4O4S/c21-14(12-3-1-7-23-12)17-5-6-18-16(22)19-9-11-10-24-15(20-11)13-4-2-8-25-13/h1-4,7-8,10H,5-6,9H2,(H,17,21)(H2,18,19,22). The van der Waals surface area contributed by atoms with Crippen LogP contribution in [0.3, 0.4) is 0 Å². The summed E-state index contributed by atoms with van der Waals surface area (Å²) in [5.74, 6) is 0.445. The third-order valence-electron chi connectivity index (χ3n) is 3.15. The molecule has 3 rings (SSSR count). The zero-order valence-corrected chi connectivity index (χ0v) is 14.0. The van der Waals surface area contributed by atoms with Crippen LogP contribution in [0.1, 0.15) is 16.2 Å². The van der Waals surface area contributed by atoms with Gasteiger partial charge in [0.2, 0.25) is 5.89 Å². The Kier molecular flexibility index (Phi) is 5.47. The van der Waals surface area contributed by atoms with Crippen LogP contribution in [0.4, 0.5) is 4.79 Å². The third-order valence-corrected chi connectivity index (χ3v) is 4.01. The van der Waals surface area contributed by atoms with Crippen LogP contribution < -0.4 is 16.0 Å². The van der Waals surface area contributed by atoms with Gasteiger partial charge in [0.05, 0.1) is 23.4 Å². The van der Waals surface area contributed by atoms with Gasteiger partial charge in [-0.05, 0) is 23.6 Å². The van der Waals surface area contributed by atoms with Crippen LogP contribution in [0.15, 0.2) is 51.0 Å². The van der Waals surface area contributed by atoms with Gasteiger partial charge in [-0.25, -0.2) is 9.78 Å². The molecule has 3 amide bonds. The zero-order chi connectivity index (χ0) is 17.5. The quantitative estimate of drug-likeness (QED) is 0.560. The first-order valence-corrected chi connectivity index (χ1v) is 8.42. The van der Waals surface area contributed by atoms with Crippen LogP contribution >= 0.6 is 11.3 Å². The molecule has 0 unspecified atom stereocenters. The van der Waals surface area contributed by atoms with E-state index in [1.807, 2.05) is 17.5 Å². The molecule has 0 atom stereocenters. The molecule has 0 fully saturated rings. The van der Waals surface area contributed by atoms with Gasteiger partial charge in [0.15, 0.2) is 5.76 Å². The zero-order valence-electron chi connectivity index (χ0n) is 13.2. The maximum atomic E-state index is 11.7. The van der Waals surface area contributed by atoms with Crippen molar-refractivity contribution < 1.29 is 18.4 Å². The number of hydrogen-bond donors (Lipinski definition) is 3. The molecule has 25 heavy (non-hydrogen) atoms. The van der Waals surface area contributed by atoms with Crippen LogP contribution in [-0.4, -0.2) is 30.0 Å². The van der Waals surface area contributed by atoms with E-state index in [9.17, 15) is 9.59 Å². The van der Waals surface area contributed by atoms with E-state index in [-0.39, 0.29) is 30.8 Å². The maximum Gasteiger partial charge on any atom is 0.315 e. The SMILES string of the molecule is O=C(NCCNC(=O)c1ccco1)NCc1coc(-c2cccs2)n1. The number of carbonyl (C=O) groups excluding carboxylic acids is 2. The lowest BCUT2D eigenvalue weighted by Gasteiger charge is -2.07. The normalized spacial score (nSPS) is 10.4. The minimum atomic E-state index is -0.354. The predicted octanol–water partition coefficient (Wildman–Crippen LogP) is 2.23. The Balaban J connectivity index is 1.34. The minimum absolute atomic E-state index is 0.233. The number of oxazole rings is 1. The predicted molar refractivity (Wildman–Crippen MR) is 91.1 cm³/mol. The molecule has 0 aliphatic heterocycles. The number of hydrogen-bond acceptors (Lipinski definition) is 6. The van der Waals surface area contributed by atoms with Crippen molar-refractivity contribution in [1.82, 2.24) is 20.9 Å². The first kappa shape index (κ1) is 16.8. The van der Waals surface area contributed by atoms with Gasteiger partial charge in [-0.2, -0.15) is 0 Å². The van der Waals surface area contributed by atoms with Crippen LogP contribution in [0.2, 0.25) is 0 Å². The van der Waals surface area contributed by atoms with Gasteiger partial charge in [0, 0.05) is 13.1 Å². The van der Waals surface area contributed by atoms with Crippen LogP contribution in [-0.2, 0) is 6.54 Å². The van der Waals surface area contributed by atoms with Crippen molar-refractivity contribution >= 4 is 23.3 Å². The third kappa shape index (κ3) is 4.70. The Morgan fingerprint density at radius 1 is 1.08 bits per heavy atom. The monoisotopic (exact) mass is 360 g/mol. The molecule has 0 radical (unpaired) electrons. The molecular weight excluding hydrogens is 344 g/mol. The molecule has 0 bridgehead atoms. The van der Waals surface area contributed by atoms with E-state index in [1.54, 1.807) is 12.1 Å². The number of thiophene rings is 1. The highest BCUT2D eigenvalue weighted by molar-refractivity contribution is 7.13. The average molecular weight is 360 g/mol. The van der Waals surface area contributed by atoms with E-state index in [0.29, 0.717) is 18.1 Å². The molecule has 3 aromatic heterocycles. The Labute approximate surface area is 147 Å². The first-order chi connectivity index (χ1) is 12.2. The Morgan fingerprint density at radius 3 is 2.72 bits per heavy atom. The lowest BCUT2D eigenvalue weighted by Crippen LogP contribution is -2.40. The van der Waals surface area contributed by atoms with Gasteiger partial charge in [-0.15, -0.1) is 11.3 Å². The maximum absolute atomic E-state index is 11.7. The molecule has 130 valence electrons. The molecule has 0 saturated heterocycles. The Bertz CT molecular complexity index is 811. The molecule has 0 aliphatic carbocycles. The molecule has 0 spiro atoms. The van der Waals surface area contributed by atoms with Crippen molar-refractivity contribution in [2.45, 2.75) is 6.54 Å². The Hall–Kier alpha value is -3.07. The van der Waals surface area contributed by atoms with Crippen molar-refractivity contribution in [3.8, 4) is 10.8 Å². The fraction of sp³-hybridized carbons (Fsp3) is 0.188. The lowest BCUT2D eigenvalue weighted by atomic mass is 10.4. The van der Waals surface area contributed by atoms with Gasteiger partial charge in [0.25, 0.3) is 5.91 Å². The summed E-state index contributed by atoms with van der Waals surface area (Å²) in [6.07, 6.45) is 2.94. The number of aromatic nitrogens is 1. The molecule has 3 N–H and O–H groups in total. The Morgan fingerprint density at radius 2 is 1.96 bits per heavy atom. The highest BCUT2D eigenvalue weighted by Crippen LogP contribution is 2.23. The summed E-state index contributed by atoms with van der Waals surface area (Å²) in [7, 11) is 0. The topological polar surface area (TPSA) is 109 Å². The summed E-state index contributed by atoms with van der Waals surface area (Å²) in [4.78, 5) is 28.6. The lowest BCUT2D eigenvalue weighted by molar-refractivity contribution is 0.0926. The second-order valence-corrected chi connectivity index (χ2v) is 5.91. The second kappa shape index (κ2) is 8.15. The fourth-order valence-corrected chi connectivity index (χ4v) is 2.64. The molecular formula is C16H16N4O4S. The van der Waals surface area contributed by atoms with E-state index >= 15 is 0 Å². The number of nitrogens with one attached hydrogen (secondary N) is 3. The van der Waals surface area contributed by atoms with Gasteiger partial charge in [-0.3, -0.25) is 4.79 Å². The minimum Gasteiger partial charge on any atom is -0.459 e. The van der Waals surface area contributed by atoms with Crippen molar-refractivity contribution in [2.75, 3.05) is 13.1 Å². The van der Waals surface area contributed by atoms with Crippen molar-refractivity contribution in [3.63, 3.8) is 0 Å². The van der Waals surface area contributed by atoms with Crippen LogP contribution in [0, 0.1) is 0 Å². The number of urea groups is 1.